The van der Waals surface area contributed by atoms with Gasteiger partial charge < -0.3 is 5.11 Å². The lowest BCUT2D eigenvalue weighted by Crippen LogP contribution is -2.00. The molecule has 0 spiro atoms. The van der Waals surface area contributed by atoms with Gasteiger partial charge in [-0.15, -0.1) is 11.8 Å². The number of aromatic carboxylic acids is 1. The predicted molar refractivity (Wildman–Crippen MR) is 82.7 cm³/mol. The number of carboxylic acid groups (broad SMARTS) is 1. The smallest absolute Gasteiger partial charge is 0.335 e. The topological polar surface area (TPSA) is 124 Å². The van der Waals surface area contributed by atoms with Gasteiger partial charge in [0.2, 0.25) is 0 Å². The minimum absolute atomic E-state index is 0.0360. The lowest BCUT2D eigenvalue weighted by Gasteiger charge is -2.04. The van der Waals surface area contributed by atoms with Crippen molar-refractivity contribution in [2.24, 2.45) is 0 Å². The summed E-state index contributed by atoms with van der Waals surface area (Å²) in [5.74, 6) is -0.990. The molecule has 0 aliphatic carbocycles. The van der Waals surface area contributed by atoms with Crippen molar-refractivity contribution in [2.75, 3.05) is 0 Å². The zero-order valence-corrected chi connectivity index (χ0v) is 12.4. The van der Waals surface area contributed by atoms with Crippen LogP contribution in [0.4, 0.5) is 11.4 Å². The molecule has 0 amide bonds. The number of nitro groups is 2. The Hall–Kier alpha value is -2.94. The third kappa shape index (κ3) is 4.04. The van der Waals surface area contributed by atoms with Crippen LogP contribution in [0.5, 0.6) is 0 Å². The zero-order chi connectivity index (χ0) is 17.0. The molecule has 0 fully saturated rings. The summed E-state index contributed by atoms with van der Waals surface area (Å²) < 4.78 is 0. The van der Waals surface area contributed by atoms with Crippen LogP contribution >= 0.6 is 11.8 Å². The van der Waals surface area contributed by atoms with Crippen LogP contribution in [0.15, 0.2) is 47.4 Å². The molecule has 2 aromatic rings. The average Bonchev–Trinajstić information content (AvgIpc) is 2.52. The first kappa shape index (κ1) is 16.4. The molecule has 0 aliphatic rings. The fraction of sp³-hybridized carbons (Fsp3) is 0.0714. The van der Waals surface area contributed by atoms with Crippen LogP contribution in [-0.4, -0.2) is 20.9 Å². The molecule has 8 nitrogen and oxygen atoms in total. The van der Waals surface area contributed by atoms with E-state index in [1.54, 1.807) is 12.1 Å². The summed E-state index contributed by atoms with van der Waals surface area (Å²) in [6.45, 7) is 0. The lowest BCUT2D eigenvalue weighted by molar-refractivity contribution is -0.385. The van der Waals surface area contributed by atoms with Crippen molar-refractivity contribution in [1.82, 2.24) is 0 Å². The maximum atomic E-state index is 11.1. The third-order valence-electron chi connectivity index (χ3n) is 2.97. The molecule has 0 radical (unpaired) electrons. The number of nitrogens with zero attached hydrogens (tertiary/aromatic N) is 2. The minimum Gasteiger partial charge on any atom is -0.478 e. The van der Waals surface area contributed by atoms with E-state index in [0.29, 0.717) is 10.5 Å². The van der Waals surface area contributed by atoms with Crippen LogP contribution in [0.25, 0.3) is 0 Å². The lowest BCUT2D eigenvalue weighted by atomic mass is 10.1. The number of hydrogen-bond acceptors (Lipinski definition) is 6. The van der Waals surface area contributed by atoms with Crippen LogP contribution in [0.2, 0.25) is 0 Å². The number of nitro benzene ring substituents is 2. The highest BCUT2D eigenvalue weighted by atomic mass is 32.2. The number of benzene rings is 2. The van der Waals surface area contributed by atoms with Crippen LogP contribution in [-0.2, 0) is 5.75 Å². The first-order valence-electron chi connectivity index (χ1n) is 6.26. The zero-order valence-electron chi connectivity index (χ0n) is 11.5. The molecule has 9 heteroatoms. The summed E-state index contributed by atoms with van der Waals surface area (Å²) in [5, 5.41) is 30.5. The molecule has 118 valence electrons. The van der Waals surface area contributed by atoms with Crippen LogP contribution < -0.4 is 0 Å². The van der Waals surface area contributed by atoms with Gasteiger partial charge >= 0.3 is 5.97 Å². The van der Waals surface area contributed by atoms with Gasteiger partial charge in [-0.2, -0.15) is 0 Å². The van der Waals surface area contributed by atoms with E-state index < -0.39 is 15.8 Å². The quantitative estimate of drug-likeness (QED) is 0.487. The minimum atomic E-state index is -1.23. The molecule has 0 unspecified atom stereocenters. The van der Waals surface area contributed by atoms with Crippen LogP contribution in [0.3, 0.4) is 0 Å². The highest BCUT2D eigenvalue weighted by Crippen LogP contribution is 2.29. The maximum Gasteiger partial charge on any atom is 0.335 e. The SMILES string of the molecule is O=C(O)c1ccc(CSc2ccc([N+](=O)[O-])cc2)c([N+](=O)[O-])c1. The fourth-order valence-corrected chi connectivity index (χ4v) is 2.71. The van der Waals surface area contributed by atoms with E-state index in [0.717, 1.165) is 6.07 Å². The molecule has 23 heavy (non-hydrogen) atoms. The fourth-order valence-electron chi connectivity index (χ4n) is 1.81. The Labute approximate surface area is 134 Å². The molecule has 0 bridgehead atoms. The molecule has 1 N–H and O–H groups in total. The summed E-state index contributed by atoms with van der Waals surface area (Å²) in [4.78, 5) is 32.1. The molecule has 0 saturated heterocycles. The summed E-state index contributed by atoms with van der Waals surface area (Å²) >= 11 is 1.27. The molecule has 0 aromatic heterocycles. The molecule has 0 saturated carbocycles. The molecule has 2 rings (SSSR count). The van der Waals surface area contributed by atoms with Gasteiger partial charge in [-0.25, -0.2) is 4.79 Å². The van der Waals surface area contributed by atoms with Gasteiger partial charge in [0.05, 0.1) is 15.4 Å². The van der Waals surface area contributed by atoms with Crippen molar-refractivity contribution in [3.8, 4) is 0 Å². The Morgan fingerprint density at radius 3 is 2.22 bits per heavy atom. The van der Waals surface area contributed by atoms with E-state index in [1.807, 2.05) is 0 Å². The summed E-state index contributed by atoms with van der Waals surface area (Å²) in [6.07, 6.45) is 0. The first-order chi connectivity index (χ1) is 10.9. The maximum absolute atomic E-state index is 11.1. The van der Waals surface area contributed by atoms with Crippen molar-refractivity contribution < 1.29 is 19.7 Å². The van der Waals surface area contributed by atoms with E-state index in [2.05, 4.69) is 0 Å². The van der Waals surface area contributed by atoms with Crippen molar-refractivity contribution in [3.05, 3.63) is 73.8 Å². The summed E-state index contributed by atoms with van der Waals surface area (Å²) in [6, 6.07) is 9.55. The average molecular weight is 334 g/mol. The number of hydrogen-bond donors (Lipinski definition) is 1. The highest BCUT2D eigenvalue weighted by molar-refractivity contribution is 7.98. The molecular weight excluding hydrogens is 324 g/mol. The monoisotopic (exact) mass is 334 g/mol. The van der Waals surface area contributed by atoms with Crippen molar-refractivity contribution >= 4 is 29.1 Å². The Morgan fingerprint density at radius 1 is 1.04 bits per heavy atom. The molecular formula is C14H10N2O6S. The van der Waals surface area contributed by atoms with Gasteiger partial charge in [-0.05, 0) is 18.2 Å². The molecule has 0 atom stereocenters. The summed E-state index contributed by atoms with van der Waals surface area (Å²) in [7, 11) is 0. The molecule has 0 heterocycles. The third-order valence-corrected chi connectivity index (χ3v) is 4.03. The van der Waals surface area contributed by atoms with Gasteiger partial charge in [0.1, 0.15) is 0 Å². The Morgan fingerprint density at radius 2 is 1.70 bits per heavy atom. The van der Waals surface area contributed by atoms with E-state index in [1.165, 1.54) is 36.0 Å². The van der Waals surface area contributed by atoms with Crippen molar-refractivity contribution in [2.45, 2.75) is 10.6 Å². The first-order valence-corrected chi connectivity index (χ1v) is 7.25. The highest BCUT2D eigenvalue weighted by Gasteiger charge is 2.17. The van der Waals surface area contributed by atoms with E-state index in [4.69, 9.17) is 5.11 Å². The van der Waals surface area contributed by atoms with E-state index in [9.17, 15) is 25.0 Å². The van der Waals surface area contributed by atoms with Crippen LogP contribution in [0, 0.1) is 20.2 Å². The van der Waals surface area contributed by atoms with Gasteiger partial charge in [0.25, 0.3) is 11.4 Å². The normalized spacial score (nSPS) is 10.3. The second kappa shape index (κ2) is 6.88. The molecule has 0 aliphatic heterocycles. The van der Waals surface area contributed by atoms with E-state index >= 15 is 0 Å². The largest absolute Gasteiger partial charge is 0.478 e. The van der Waals surface area contributed by atoms with Gasteiger partial charge in [-0.1, -0.05) is 6.07 Å². The predicted octanol–water partition coefficient (Wildman–Crippen LogP) is 3.49. The summed E-state index contributed by atoms with van der Waals surface area (Å²) in [5.41, 5.74) is -0.0745. The van der Waals surface area contributed by atoms with Gasteiger partial charge in [-0.3, -0.25) is 20.2 Å². The number of non-ortho nitro benzene ring substituents is 1. The van der Waals surface area contributed by atoms with Crippen molar-refractivity contribution in [3.63, 3.8) is 0 Å². The standard InChI is InChI=1S/C14H10N2O6S/c17-14(18)9-1-2-10(13(7-9)16(21)22)8-23-12-5-3-11(4-6-12)15(19)20/h1-7H,8H2,(H,17,18). The number of carbonyl (C=O) groups is 1. The second-order valence-corrected chi connectivity index (χ2v) is 5.49. The van der Waals surface area contributed by atoms with Gasteiger partial charge in [0, 0.05) is 34.4 Å². The van der Waals surface area contributed by atoms with Crippen molar-refractivity contribution in [1.29, 1.82) is 0 Å². The number of carboxylic acids is 1. The number of rotatable bonds is 6. The Balaban J connectivity index is 2.18. The van der Waals surface area contributed by atoms with Crippen LogP contribution in [0.1, 0.15) is 15.9 Å². The molecule has 2 aromatic carbocycles. The number of thioether (sulfide) groups is 1. The van der Waals surface area contributed by atoms with Gasteiger partial charge in [0.15, 0.2) is 0 Å². The Bertz CT molecular complexity index is 775. The Kier molecular flexibility index (Phi) is 4.91. The van der Waals surface area contributed by atoms with E-state index in [-0.39, 0.29) is 22.7 Å². The second-order valence-electron chi connectivity index (χ2n) is 4.45.